The van der Waals surface area contributed by atoms with E-state index < -0.39 is 0 Å². The summed E-state index contributed by atoms with van der Waals surface area (Å²) in [4.78, 5) is 9.13. The van der Waals surface area contributed by atoms with Crippen LogP contribution in [-0.2, 0) is 0 Å². The van der Waals surface area contributed by atoms with Crippen molar-refractivity contribution >= 4 is 33.4 Å². The number of hydrogen-bond donors (Lipinski definition) is 0. The van der Waals surface area contributed by atoms with Crippen molar-refractivity contribution in [1.82, 2.24) is 24.3 Å². The number of rotatable bonds is 5. The molecule has 0 aliphatic rings. The Bertz CT molecular complexity index is 2080. The molecule has 0 radical (unpaired) electrons. The summed E-state index contributed by atoms with van der Waals surface area (Å²) >= 11 is 6.46. The minimum Gasteiger partial charge on any atom is -0.457 e. The van der Waals surface area contributed by atoms with Crippen LogP contribution < -0.4 is 4.74 Å². The third-order valence-corrected chi connectivity index (χ3v) is 7.86. The first-order valence-corrected chi connectivity index (χ1v) is 13.8. The van der Waals surface area contributed by atoms with Crippen molar-refractivity contribution in [2.45, 2.75) is 20.8 Å². The molecule has 0 bridgehead atoms. The topological polar surface area (TPSA) is 57.8 Å². The first kappa shape index (κ1) is 25.1. The maximum Gasteiger partial charge on any atom is 0.158 e. The van der Waals surface area contributed by atoms with Crippen molar-refractivity contribution in [3.05, 3.63) is 125 Å². The van der Waals surface area contributed by atoms with Gasteiger partial charge in [-0.2, -0.15) is 5.10 Å². The van der Waals surface area contributed by atoms with Gasteiger partial charge in [-0.05, 0) is 73.9 Å². The maximum atomic E-state index is 6.46. The lowest BCUT2D eigenvalue weighted by Crippen LogP contribution is -2.00. The Hall–Kier alpha value is -4.94. The average Bonchev–Trinajstić information content (AvgIpc) is 3.59. The van der Waals surface area contributed by atoms with Gasteiger partial charge in [-0.1, -0.05) is 48.0 Å². The second kappa shape index (κ2) is 9.91. The van der Waals surface area contributed by atoms with Gasteiger partial charge in [-0.15, -0.1) is 0 Å². The summed E-state index contributed by atoms with van der Waals surface area (Å²) in [6.45, 7) is 6.39. The fourth-order valence-electron chi connectivity index (χ4n) is 5.35. The highest BCUT2D eigenvalue weighted by atomic mass is 35.5. The van der Waals surface area contributed by atoms with Gasteiger partial charge in [0.1, 0.15) is 22.5 Å². The first-order chi connectivity index (χ1) is 20.0. The number of fused-ring (bicyclic) bond motifs is 3. The van der Waals surface area contributed by atoms with Gasteiger partial charge >= 0.3 is 0 Å². The quantitative estimate of drug-likeness (QED) is 0.199. The van der Waals surface area contributed by atoms with Crippen LogP contribution >= 0.6 is 11.6 Å². The number of nitrogens with zero attached hydrogens (tertiary/aromatic N) is 5. The molecule has 0 fully saturated rings. The van der Waals surface area contributed by atoms with E-state index in [9.17, 15) is 0 Å². The molecule has 0 unspecified atom stereocenters. The smallest absolute Gasteiger partial charge is 0.158 e. The second-order valence-corrected chi connectivity index (χ2v) is 10.5. The van der Waals surface area contributed by atoms with E-state index in [1.54, 1.807) is 16.9 Å². The number of aromatic nitrogens is 5. The van der Waals surface area contributed by atoms with Crippen molar-refractivity contribution in [2.75, 3.05) is 0 Å². The van der Waals surface area contributed by atoms with Gasteiger partial charge in [0.15, 0.2) is 5.82 Å². The Morgan fingerprint density at radius 1 is 0.707 bits per heavy atom. The molecule has 0 aliphatic heterocycles. The number of hydrogen-bond acceptors (Lipinski definition) is 4. The molecule has 0 aliphatic carbocycles. The summed E-state index contributed by atoms with van der Waals surface area (Å²) in [7, 11) is 0. The molecule has 4 aromatic heterocycles. The molecule has 0 spiro atoms. The lowest BCUT2D eigenvalue weighted by molar-refractivity contribution is 0.482. The van der Waals surface area contributed by atoms with Crippen LogP contribution in [0.4, 0.5) is 0 Å². The number of ether oxygens (including phenoxy) is 1. The molecule has 0 N–H and O–H groups in total. The lowest BCUT2D eigenvalue weighted by Gasteiger charge is -2.11. The summed E-state index contributed by atoms with van der Waals surface area (Å²) in [5, 5.41) is 7.41. The minimum absolute atomic E-state index is 0.320. The van der Waals surface area contributed by atoms with E-state index in [0.29, 0.717) is 22.5 Å². The number of aryl methyl sites for hydroxylation is 1. The molecule has 3 aromatic carbocycles. The van der Waals surface area contributed by atoms with Crippen molar-refractivity contribution in [3.8, 4) is 34.4 Å². The van der Waals surface area contributed by atoms with Gasteiger partial charge in [0.2, 0.25) is 0 Å². The maximum absolute atomic E-state index is 6.46. The highest BCUT2D eigenvalue weighted by molar-refractivity contribution is 6.29. The molecule has 7 heteroatoms. The second-order valence-electron chi connectivity index (χ2n) is 10.1. The Labute approximate surface area is 242 Å². The van der Waals surface area contributed by atoms with Crippen LogP contribution in [0.15, 0.2) is 103 Å². The van der Waals surface area contributed by atoms with E-state index in [-0.39, 0.29) is 0 Å². The predicted molar refractivity (Wildman–Crippen MR) is 165 cm³/mol. The zero-order chi connectivity index (χ0) is 28.1. The standard InChI is InChI=1S/C34H26ClN5O/c1-21-11-13-26(23(3)22(21)2)29-15-17-39(38-29)34-20-25(19-32(35)37-34)41-24-12-14-28-27-8-4-5-9-30(27)40(31(28)18-24)33-10-6-7-16-36-33/h4-20H,1-3H3. The molecule has 0 saturated carbocycles. The van der Waals surface area contributed by atoms with Crippen LogP contribution in [0.2, 0.25) is 5.15 Å². The molecule has 6 nitrogen and oxygen atoms in total. The monoisotopic (exact) mass is 555 g/mol. The number of halogens is 1. The van der Waals surface area contributed by atoms with Gasteiger partial charge in [-0.25, -0.2) is 14.6 Å². The lowest BCUT2D eigenvalue weighted by atomic mass is 9.97. The van der Waals surface area contributed by atoms with Crippen LogP contribution in [0.3, 0.4) is 0 Å². The van der Waals surface area contributed by atoms with E-state index in [1.165, 1.54) is 16.7 Å². The number of para-hydroxylation sites is 1. The Morgan fingerprint density at radius 2 is 1.54 bits per heavy atom. The molecule has 0 amide bonds. The van der Waals surface area contributed by atoms with E-state index in [0.717, 1.165) is 38.9 Å². The molecule has 0 saturated heterocycles. The van der Waals surface area contributed by atoms with Gasteiger partial charge in [0.25, 0.3) is 0 Å². The average molecular weight is 556 g/mol. The molecular weight excluding hydrogens is 530 g/mol. The summed E-state index contributed by atoms with van der Waals surface area (Å²) in [5.41, 5.74) is 7.82. The Morgan fingerprint density at radius 3 is 2.39 bits per heavy atom. The summed E-state index contributed by atoms with van der Waals surface area (Å²) in [6, 6.07) is 30.1. The zero-order valence-corrected chi connectivity index (χ0v) is 23.6. The van der Waals surface area contributed by atoms with Crippen molar-refractivity contribution in [3.63, 3.8) is 0 Å². The predicted octanol–water partition coefficient (Wildman–Crippen LogP) is 8.80. The van der Waals surface area contributed by atoms with Crippen molar-refractivity contribution in [1.29, 1.82) is 0 Å². The Kier molecular flexibility index (Phi) is 6.06. The molecule has 7 rings (SSSR count). The van der Waals surface area contributed by atoms with E-state index in [1.807, 2.05) is 54.7 Å². The highest BCUT2D eigenvalue weighted by Gasteiger charge is 2.15. The van der Waals surface area contributed by atoms with Gasteiger partial charge in [0, 0.05) is 46.9 Å². The summed E-state index contributed by atoms with van der Waals surface area (Å²) in [5.74, 6) is 2.67. The number of pyridine rings is 2. The normalized spacial score (nSPS) is 11.4. The van der Waals surface area contributed by atoms with Crippen LogP contribution in [0, 0.1) is 20.8 Å². The SMILES string of the molecule is Cc1ccc(-c2ccn(-c3cc(Oc4ccc5c6ccccc6n(-c6ccccn6)c5c4)cc(Cl)n3)n2)c(C)c1C. The van der Waals surface area contributed by atoms with E-state index in [2.05, 4.69) is 71.7 Å². The Balaban J connectivity index is 1.26. The van der Waals surface area contributed by atoms with Crippen LogP contribution in [0.5, 0.6) is 11.5 Å². The fourth-order valence-corrected chi connectivity index (χ4v) is 5.54. The minimum atomic E-state index is 0.320. The largest absolute Gasteiger partial charge is 0.457 e. The number of benzene rings is 3. The van der Waals surface area contributed by atoms with Crippen molar-refractivity contribution in [2.24, 2.45) is 0 Å². The summed E-state index contributed by atoms with van der Waals surface area (Å²) < 4.78 is 10.2. The van der Waals surface area contributed by atoms with Crippen LogP contribution in [0.1, 0.15) is 16.7 Å². The molecule has 0 atom stereocenters. The molecular formula is C34H26ClN5O. The third-order valence-electron chi connectivity index (χ3n) is 7.67. The van der Waals surface area contributed by atoms with Gasteiger partial charge in [0.05, 0.1) is 16.7 Å². The van der Waals surface area contributed by atoms with Crippen LogP contribution in [-0.4, -0.2) is 24.3 Å². The highest BCUT2D eigenvalue weighted by Crippen LogP contribution is 2.35. The van der Waals surface area contributed by atoms with Crippen molar-refractivity contribution < 1.29 is 4.74 Å². The first-order valence-electron chi connectivity index (χ1n) is 13.4. The molecule has 4 heterocycles. The molecule has 41 heavy (non-hydrogen) atoms. The third kappa shape index (κ3) is 4.42. The molecule has 200 valence electrons. The zero-order valence-electron chi connectivity index (χ0n) is 22.8. The van der Waals surface area contributed by atoms with Gasteiger partial charge in [-0.3, -0.25) is 4.57 Å². The summed E-state index contributed by atoms with van der Waals surface area (Å²) in [6.07, 6.45) is 3.70. The van der Waals surface area contributed by atoms with Gasteiger partial charge < -0.3 is 4.74 Å². The van der Waals surface area contributed by atoms with Crippen LogP contribution in [0.25, 0.3) is 44.7 Å². The molecule has 7 aromatic rings. The fraction of sp³-hybridized carbons (Fsp3) is 0.0882. The van der Waals surface area contributed by atoms with E-state index >= 15 is 0 Å². The van der Waals surface area contributed by atoms with E-state index in [4.69, 9.17) is 21.4 Å².